The first kappa shape index (κ1) is 18.8. The average molecular weight is 328 g/mol. The van der Waals surface area contributed by atoms with E-state index >= 15 is 0 Å². The summed E-state index contributed by atoms with van der Waals surface area (Å²) in [5.74, 6) is 0.193. The van der Waals surface area contributed by atoms with Gasteiger partial charge in [0, 0.05) is 32.8 Å². The minimum atomic E-state index is -0.317. The number of unbranched alkanes of at least 4 members (excludes halogenated alkanes) is 4. The van der Waals surface area contributed by atoms with Gasteiger partial charge < -0.3 is 18.9 Å². The molecule has 2 unspecified atom stereocenters. The summed E-state index contributed by atoms with van der Waals surface area (Å²) in [6.07, 6.45) is 10.4. The van der Waals surface area contributed by atoms with Gasteiger partial charge in [-0.15, -0.1) is 0 Å². The van der Waals surface area contributed by atoms with Gasteiger partial charge in [-0.1, -0.05) is 19.3 Å². The first-order valence-corrected chi connectivity index (χ1v) is 9.31. The molecule has 0 N–H and O–H groups in total. The molecular formula is C18H32O5. The van der Waals surface area contributed by atoms with Crippen molar-refractivity contribution in [1.82, 2.24) is 0 Å². The van der Waals surface area contributed by atoms with Crippen molar-refractivity contribution < 1.29 is 23.7 Å². The molecule has 2 saturated heterocycles. The predicted molar refractivity (Wildman–Crippen MR) is 87.4 cm³/mol. The Kier molecular flexibility index (Phi) is 9.80. The summed E-state index contributed by atoms with van der Waals surface area (Å²) < 4.78 is 22.2. The van der Waals surface area contributed by atoms with Crippen LogP contribution in [0.15, 0.2) is 0 Å². The quantitative estimate of drug-likeness (QED) is 0.545. The molecule has 2 aliphatic rings. The average Bonchev–Trinajstić information content (AvgIpc) is 2.59. The molecule has 2 aliphatic heterocycles. The molecule has 5 nitrogen and oxygen atoms in total. The van der Waals surface area contributed by atoms with E-state index in [9.17, 15) is 4.79 Å². The summed E-state index contributed by atoms with van der Waals surface area (Å²) in [5, 5.41) is 0. The number of ether oxygens (including phenoxy) is 4. The lowest BCUT2D eigenvalue weighted by Crippen LogP contribution is -2.33. The maximum Gasteiger partial charge on any atom is 0.164 e. The molecule has 0 saturated carbocycles. The third-order valence-corrected chi connectivity index (χ3v) is 4.39. The van der Waals surface area contributed by atoms with E-state index in [1.807, 2.05) is 0 Å². The van der Waals surface area contributed by atoms with Crippen molar-refractivity contribution in [3.63, 3.8) is 0 Å². The highest BCUT2D eigenvalue weighted by Gasteiger charge is 2.22. The number of rotatable bonds is 11. The van der Waals surface area contributed by atoms with Gasteiger partial charge in [-0.05, 0) is 38.5 Å². The molecule has 23 heavy (non-hydrogen) atoms. The molecule has 2 rings (SSSR count). The Bertz CT molecular complexity index is 315. The topological polar surface area (TPSA) is 54.0 Å². The van der Waals surface area contributed by atoms with Gasteiger partial charge in [0.15, 0.2) is 12.1 Å². The van der Waals surface area contributed by atoms with Gasteiger partial charge in [0.05, 0.1) is 6.61 Å². The minimum Gasteiger partial charge on any atom is -0.378 e. The number of hydrogen-bond donors (Lipinski definition) is 0. The second-order valence-electron chi connectivity index (χ2n) is 6.44. The molecule has 0 aromatic rings. The molecule has 0 aromatic carbocycles. The number of carbonyl (C=O) groups excluding carboxylic acids is 1. The Balaban J connectivity index is 1.32. The van der Waals surface area contributed by atoms with Gasteiger partial charge in [-0.25, -0.2) is 0 Å². The van der Waals surface area contributed by atoms with E-state index in [2.05, 4.69) is 0 Å². The van der Waals surface area contributed by atoms with Crippen molar-refractivity contribution in [2.24, 2.45) is 0 Å². The van der Waals surface area contributed by atoms with Gasteiger partial charge in [-0.2, -0.15) is 0 Å². The monoisotopic (exact) mass is 328 g/mol. The van der Waals surface area contributed by atoms with Gasteiger partial charge >= 0.3 is 0 Å². The third kappa shape index (κ3) is 8.25. The van der Waals surface area contributed by atoms with Crippen LogP contribution in [0.2, 0.25) is 0 Å². The smallest absolute Gasteiger partial charge is 0.164 e. The molecule has 5 heteroatoms. The Morgan fingerprint density at radius 1 is 0.913 bits per heavy atom. The maximum atomic E-state index is 11.5. The van der Waals surface area contributed by atoms with Crippen molar-refractivity contribution >= 4 is 5.78 Å². The molecule has 0 spiro atoms. The molecular weight excluding hydrogens is 296 g/mol. The molecule has 2 heterocycles. The zero-order chi connectivity index (χ0) is 16.2. The van der Waals surface area contributed by atoms with Crippen molar-refractivity contribution in [2.45, 2.75) is 76.6 Å². The van der Waals surface area contributed by atoms with Crippen LogP contribution in [0.4, 0.5) is 0 Å². The highest BCUT2D eigenvalue weighted by Crippen LogP contribution is 2.14. The van der Waals surface area contributed by atoms with Gasteiger partial charge in [0.25, 0.3) is 0 Å². The lowest BCUT2D eigenvalue weighted by atomic mass is 10.1. The van der Waals surface area contributed by atoms with Crippen LogP contribution in [0.3, 0.4) is 0 Å². The molecule has 134 valence electrons. The summed E-state index contributed by atoms with van der Waals surface area (Å²) in [7, 11) is 0. The molecule has 0 amide bonds. The Labute approximate surface area is 140 Å². The van der Waals surface area contributed by atoms with E-state index in [0.29, 0.717) is 19.6 Å². The number of Topliss-reactive ketones (excluding diaryl/α,β-unsaturated/α-hetero) is 1. The molecule has 0 aromatic heterocycles. The lowest BCUT2D eigenvalue weighted by molar-refractivity contribution is -0.162. The summed E-state index contributed by atoms with van der Waals surface area (Å²) in [6, 6.07) is 0. The summed E-state index contributed by atoms with van der Waals surface area (Å²) in [6.45, 7) is 3.49. The van der Waals surface area contributed by atoms with Crippen LogP contribution in [-0.2, 0) is 23.7 Å². The van der Waals surface area contributed by atoms with E-state index < -0.39 is 0 Å². The van der Waals surface area contributed by atoms with Crippen LogP contribution in [0.5, 0.6) is 0 Å². The van der Waals surface area contributed by atoms with Crippen molar-refractivity contribution in [1.29, 1.82) is 0 Å². The first-order valence-electron chi connectivity index (χ1n) is 9.31. The van der Waals surface area contributed by atoms with E-state index in [1.165, 1.54) is 32.1 Å². The highest BCUT2D eigenvalue weighted by molar-refractivity contribution is 5.83. The normalized spacial score (nSPS) is 25.7. The second kappa shape index (κ2) is 12.0. The van der Waals surface area contributed by atoms with Gasteiger partial charge in [0.2, 0.25) is 0 Å². The Hall–Kier alpha value is -0.490. The third-order valence-electron chi connectivity index (χ3n) is 4.39. The minimum absolute atomic E-state index is 0.0434. The van der Waals surface area contributed by atoms with E-state index in [4.69, 9.17) is 18.9 Å². The highest BCUT2D eigenvalue weighted by atomic mass is 16.7. The number of ketones is 1. The molecule has 2 fully saturated rings. The lowest BCUT2D eigenvalue weighted by Gasteiger charge is -2.22. The largest absolute Gasteiger partial charge is 0.378 e. The number of carbonyl (C=O) groups is 1. The van der Waals surface area contributed by atoms with E-state index in [0.717, 1.165) is 45.5 Å². The van der Waals surface area contributed by atoms with Crippen LogP contribution in [0.1, 0.15) is 64.2 Å². The molecule has 2 atom stereocenters. The zero-order valence-electron chi connectivity index (χ0n) is 14.3. The fourth-order valence-corrected chi connectivity index (χ4v) is 2.95. The molecule has 0 aliphatic carbocycles. The number of hydrogen-bond acceptors (Lipinski definition) is 5. The fourth-order valence-electron chi connectivity index (χ4n) is 2.95. The molecule has 0 bridgehead atoms. The van der Waals surface area contributed by atoms with E-state index in [1.54, 1.807) is 0 Å². The van der Waals surface area contributed by atoms with Crippen LogP contribution in [-0.4, -0.2) is 51.2 Å². The fraction of sp³-hybridized carbons (Fsp3) is 0.944. The van der Waals surface area contributed by atoms with E-state index in [-0.39, 0.29) is 18.2 Å². The molecule has 0 radical (unpaired) electrons. The van der Waals surface area contributed by atoms with Crippen LogP contribution in [0.25, 0.3) is 0 Å². The second-order valence-corrected chi connectivity index (χ2v) is 6.44. The maximum absolute atomic E-state index is 11.5. The Morgan fingerprint density at radius 2 is 1.70 bits per heavy atom. The summed E-state index contributed by atoms with van der Waals surface area (Å²) in [4.78, 5) is 11.5. The first-order chi connectivity index (χ1) is 11.4. The van der Waals surface area contributed by atoms with Crippen LogP contribution in [0, 0.1) is 0 Å². The van der Waals surface area contributed by atoms with Crippen molar-refractivity contribution in [3.05, 3.63) is 0 Å². The Morgan fingerprint density at radius 3 is 2.48 bits per heavy atom. The van der Waals surface area contributed by atoms with Crippen molar-refractivity contribution in [3.8, 4) is 0 Å². The zero-order valence-corrected chi connectivity index (χ0v) is 14.3. The standard InChI is InChI=1S/C18H32O5/c19-16-9-8-14-21-17(16)15-20-11-5-2-1-3-6-12-22-18-10-4-7-13-23-18/h17-18H,1-15H2. The predicted octanol–water partition coefficient (Wildman–Crippen LogP) is 3.24. The SMILES string of the molecule is O=C1CCCOC1COCCCCCCCOC1CCCCO1. The summed E-state index contributed by atoms with van der Waals surface area (Å²) in [5.41, 5.74) is 0. The summed E-state index contributed by atoms with van der Waals surface area (Å²) >= 11 is 0. The van der Waals surface area contributed by atoms with Gasteiger partial charge in [-0.3, -0.25) is 4.79 Å². The van der Waals surface area contributed by atoms with Crippen LogP contribution >= 0.6 is 0 Å². The van der Waals surface area contributed by atoms with Crippen molar-refractivity contribution in [2.75, 3.05) is 33.0 Å². The van der Waals surface area contributed by atoms with Crippen LogP contribution < -0.4 is 0 Å². The van der Waals surface area contributed by atoms with Gasteiger partial charge in [0.1, 0.15) is 6.10 Å².